The molecule has 4 N–H and O–H groups in total. The molecule has 0 aromatic heterocycles. The van der Waals surface area contributed by atoms with E-state index in [0.29, 0.717) is 30.2 Å². The van der Waals surface area contributed by atoms with Crippen LogP contribution in [0.5, 0.6) is 11.5 Å². The second kappa shape index (κ2) is 18.6. The smallest absolute Gasteiger partial charge is 0.319 e. The van der Waals surface area contributed by atoms with Gasteiger partial charge in [-0.2, -0.15) is 0 Å². The first-order chi connectivity index (χ1) is 27.4. The maximum absolute atomic E-state index is 12.9. The zero-order valence-corrected chi connectivity index (χ0v) is 31.7. The van der Waals surface area contributed by atoms with Crippen molar-refractivity contribution < 1.29 is 28.9 Å². The zero-order chi connectivity index (χ0) is 38.7. The van der Waals surface area contributed by atoms with Gasteiger partial charge in [0.15, 0.2) is 6.29 Å². The van der Waals surface area contributed by atoms with Gasteiger partial charge < -0.3 is 35.3 Å². The second-order valence-electron chi connectivity index (χ2n) is 13.4. The van der Waals surface area contributed by atoms with E-state index in [4.69, 9.17) is 14.2 Å². The van der Waals surface area contributed by atoms with Gasteiger partial charge in [0.2, 0.25) is 5.91 Å². The fourth-order valence-electron chi connectivity index (χ4n) is 6.41. The molecule has 0 radical (unpaired) electrons. The van der Waals surface area contributed by atoms with Crippen LogP contribution in [0.2, 0.25) is 0 Å². The van der Waals surface area contributed by atoms with Crippen molar-refractivity contribution in [2.24, 2.45) is 0 Å². The van der Waals surface area contributed by atoms with E-state index in [0.717, 1.165) is 49.7 Å². The van der Waals surface area contributed by atoms with Crippen LogP contribution in [0.15, 0.2) is 157 Å². The molecule has 6 aromatic carbocycles. The zero-order valence-electron chi connectivity index (χ0n) is 30.9. The lowest BCUT2D eigenvalue weighted by atomic mass is 9.98. The molecule has 1 aliphatic heterocycles. The van der Waals surface area contributed by atoms with E-state index in [1.807, 2.05) is 127 Å². The van der Waals surface area contributed by atoms with Gasteiger partial charge in [-0.05, 0) is 88.5 Å². The van der Waals surface area contributed by atoms with Crippen molar-refractivity contribution in [1.29, 1.82) is 0 Å². The van der Waals surface area contributed by atoms with Crippen molar-refractivity contribution in [3.05, 3.63) is 174 Å². The lowest BCUT2D eigenvalue weighted by molar-refractivity contribution is -0.245. The van der Waals surface area contributed by atoms with Crippen LogP contribution in [0.25, 0.3) is 11.1 Å². The first-order valence-electron chi connectivity index (χ1n) is 18.5. The number of carbonyl (C=O) groups is 2. The van der Waals surface area contributed by atoms with E-state index in [-0.39, 0.29) is 30.8 Å². The van der Waals surface area contributed by atoms with Crippen molar-refractivity contribution >= 4 is 35.1 Å². The molecule has 6 aromatic rings. The first-order valence-corrected chi connectivity index (χ1v) is 19.4. The Bertz CT molecular complexity index is 2200. The third-order valence-corrected chi connectivity index (χ3v) is 10.4. The van der Waals surface area contributed by atoms with Gasteiger partial charge in [-0.25, -0.2) is 4.79 Å². The number of amides is 3. The van der Waals surface area contributed by atoms with Crippen LogP contribution in [0.3, 0.4) is 0 Å². The Hall–Kier alpha value is -5.91. The number of thioether (sulfide) groups is 1. The highest BCUT2D eigenvalue weighted by molar-refractivity contribution is 7.99. The first kappa shape index (κ1) is 38.4. The Morgan fingerprint density at radius 2 is 1.36 bits per heavy atom. The highest BCUT2D eigenvalue weighted by atomic mass is 32.2. The number of benzene rings is 6. The molecule has 7 rings (SSSR count). The predicted octanol–water partition coefficient (Wildman–Crippen LogP) is 10.3. The topological polar surface area (TPSA) is 118 Å². The highest BCUT2D eigenvalue weighted by Gasteiger charge is 2.32. The molecule has 0 aliphatic carbocycles. The van der Waals surface area contributed by atoms with Gasteiger partial charge in [-0.1, -0.05) is 91.0 Å². The lowest BCUT2D eigenvalue weighted by Crippen LogP contribution is -2.31. The Morgan fingerprint density at radius 3 is 2.07 bits per heavy atom. The normalized spacial score (nSPS) is 16.4. The summed E-state index contributed by atoms with van der Waals surface area (Å²) in [6, 6.07) is 48.3. The molecule has 56 heavy (non-hydrogen) atoms. The third-order valence-electron chi connectivity index (χ3n) is 9.27. The Kier molecular flexibility index (Phi) is 12.8. The van der Waals surface area contributed by atoms with E-state index in [1.54, 1.807) is 23.9 Å². The molecule has 1 aliphatic rings. The predicted molar refractivity (Wildman–Crippen MR) is 221 cm³/mol. The molecular formula is C46H43N3O6S. The molecule has 1 heterocycles. The molecule has 0 spiro atoms. The summed E-state index contributed by atoms with van der Waals surface area (Å²) in [5, 5.41) is 18.3. The minimum Gasteiger partial charge on any atom is -0.457 e. The lowest BCUT2D eigenvalue weighted by Gasteiger charge is -2.36. The largest absolute Gasteiger partial charge is 0.457 e. The summed E-state index contributed by atoms with van der Waals surface area (Å²) in [7, 11) is 0. The van der Waals surface area contributed by atoms with Crippen LogP contribution in [-0.2, 0) is 27.4 Å². The van der Waals surface area contributed by atoms with Crippen LogP contribution in [0, 0.1) is 0 Å². The SMILES string of the molecule is CC(=O)Nc1ccc(SC[C@H]2C[C@@H](c3ccc(CO)cc3)O[C@@H](c3ccc(-c4ccccc4CNC(=O)Nc4ccc(Oc5ccccc5)cc4)cc3)O2)cc1. The molecule has 0 bridgehead atoms. The maximum atomic E-state index is 12.9. The van der Waals surface area contributed by atoms with Gasteiger partial charge in [0.05, 0.1) is 18.8 Å². The third kappa shape index (κ3) is 10.4. The fraction of sp³-hybridized carbons (Fsp3) is 0.174. The van der Waals surface area contributed by atoms with E-state index in [9.17, 15) is 14.7 Å². The summed E-state index contributed by atoms with van der Waals surface area (Å²) >= 11 is 1.70. The monoisotopic (exact) mass is 765 g/mol. The molecule has 3 atom stereocenters. The van der Waals surface area contributed by atoms with Crippen molar-refractivity contribution in [2.45, 2.75) is 49.9 Å². The number of hydrogen-bond acceptors (Lipinski definition) is 7. The van der Waals surface area contributed by atoms with Crippen molar-refractivity contribution in [1.82, 2.24) is 5.32 Å². The second-order valence-corrected chi connectivity index (χ2v) is 14.5. The molecule has 0 saturated carbocycles. The molecular weight excluding hydrogens is 723 g/mol. The van der Waals surface area contributed by atoms with Gasteiger partial charge in [0.25, 0.3) is 0 Å². The molecule has 3 amide bonds. The number of anilines is 2. The number of para-hydroxylation sites is 1. The van der Waals surface area contributed by atoms with Crippen molar-refractivity contribution in [3.8, 4) is 22.6 Å². The van der Waals surface area contributed by atoms with Crippen LogP contribution < -0.4 is 20.7 Å². The maximum Gasteiger partial charge on any atom is 0.319 e. The van der Waals surface area contributed by atoms with Crippen LogP contribution in [-0.4, -0.2) is 28.9 Å². The van der Waals surface area contributed by atoms with Crippen molar-refractivity contribution in [2.75, 3.05) is 16.4 Å². The van der Waals surface area contributed by atoms with E-state index < -0.39 is 6.29 Å². The van der Waals surface area contributed by atoms with Gasteiger partial charge in [-0.3, -0.25) is 4.79 Å². The Balaban J connectivity index is 0.996. The van der Waals surface area contributed by atoms with Crippen LogP contribution in [0.1, 0.15) is 48.0 Å². The Morgan fingerprint density at radius 1 is 0.714 bits per heavy atom. The number of carbonyl (C=O) groups excluding carboxylic acids is 2. The molecule has 1 saturated heterocycles. The summed E-state index contributed by atoms with van der Waals surface area (Å²) in [5.41, 5.74) is 7.17. The number of ether oxygens (including phenoxy) is 3. The van der Waals surface area contributed by atoms with E-state index in [2.05, 4.69) is 28.1 Å². The van der Waals surface area contributed by atoms with Gasteiger partial charge in [-0.15, -0.1) is 11.8 Å². The minimum atomic E-state index is -0.590. The molecule has 1 fully saturated rings. The number of aliphatic hydroxyl groups is 1. The molecule has 9 nitrogen and oxygen atoms in total. The molecule has 0 unspecified atom stereocenters. The fourth-order valence-corrected chi connectivity index (χ4v) is 7.33. The van der Waals surface area contributed by atoms with Gasteiger partial charge in [0, 0.05) is 47.5 Å². The van der Waals surface area contributed by atoms with E-state index >= 15 is 0 Å². The highest BCUT2D eigenvalue weighted by Crippen LogP contribution is 2.40. The van der Waals surface area contributed by atoms with Crippen LogP contribution >= 0.6 is 11.8 Å². The summed E-state index contributed by atoms with van der Waals surface area (Å²) in [6.45, 7) is 1.81. The minimum absolute atomic E-state index is 0.0171. The number of aliphatic hydroxyl groups excluding tert-OH is 1. The number of hydrogen-bond donors (Lipinski definition) is 4. The molecule has 284 valence electrons. The number of rotatable bonds is 13. The summed E-state index contributed by atoms with van der Waals surface area (Å²) in [5.74, 6) is 2.03. The average Bonchev–Trinajstić information content (AvgIpc) is 3.24. The molecule has 10 heteroatoms. The quantitative estimate of drug-likeness (QED) is 0.0865. The Labute approximate surface area is 331 Å². The van der Waals surface area contributed by atoms with Gasteiger partial charge >= 0.3 is 6.03 Å². The summed E-state index contributed by atoms with van der Waals surface area (Å²) in [4.78, 5) is 25.4. The van der Waals surface area contributed by atoms with E-state index in [1.165, 1.54) is 6.92 Å². The van der Waals surface area contributed by atoms with Crippen LogP contribution in [0.4, 0.5) is 16.2 Å². The summed E-state index contributed by atoms with van der Waals surface area (Å²) < 4.78 is 19.0. The number of nitrogens with one attached hydrogen (secondary N) is 3. The average molecular weight is 766 g/mol. The van der Waals surface area contributed by atoms with Gasteiger partial charge in [0.1, 0.15) is 11.5 Å². The standard InChI is InChI=1S/C46H43N3O6S/c1-31(51)48-37-21-25-42(26-22-37)56-30-41-27-44(34-13-11-32(29-50)12-14-34)55-45(54-41)35-17-15-33(16-18-35)43-10-6-5-7-36(43)28-47-46(52)49-38-19-23-40(24-20-38)53-39-8-3-2-4-9-39/h2-26,41,44-45,50H,27-30H2,1H3,(H,48,51)(H2,47,49,52)/t41-,44+,45+/m1/s1. The van der Waals surface area contributed by atoms with Crippen molar-refractivity contribution in [3.63, 3.8) is 0 Å². The summed E-state index contributed by atoms with van der Waals surface area (Å²) in [6.07, 6.45) is -0.221. The number of urea groups is 1.